The number of phenols is 1. The molecule has 2 aromatic rings. The predicted octanol–water partition coefficient (Wildman–Crippen LogP) is 3.32. The molecule has 18 heavy (non-hydrogen) atoms. The van der Waals surface area contributed by atoms with E-state index in [-0.39, 0.29) is 6.04 Å². The summed E-state index contributed by atoms with van der Waals surface area (Å²) >= 11 is 1.74. The van der Waals surface area contributed by atoms with Crippen molar-refractivity contribution in [2.75, 3.05) is 0 Å². The largest absolute Gasteiger partial charge is 0.508 e. The fourth-order valence-corrected chi connectivity index (χ4v) is 2.84. The number of aryl methyl sites for hydroxylation is 2. The number of thiazole rings is 1. The number of hydrogen-bond donors (Lipinski definition) is 2. The first kappa shape index (κ1) is 13.1. The topological polar surface area (TPSA) is 45.2 Å². The summed E-state index contributed by atoms with van der Waals surface area (Å²) < 4.78 is 0. The maximum atomic E-state index is 9.22. The van der Waals surface area contributed by atoms with E-state index in [2.05, 4.69) is 24.1 Å². The van der Waals surface area contributed by atoms with Crippen LogP contribution in [0.15, 0.2) is 24.3 Å². The normalized spacial score (nSPS) is 12.6. The SMILES string of the molecule is Cc1nc(C(C)NCc2ccc(O)cc2)c(C)s1. The molecule has 3 nitrogen and oxygen atoms in total. The van der Waals surface area contributed by atoms with E-state index in [9.17, 15) is 5.11 Å². The second-order valence-electron chi connectivity index (χ2n) is 4.44. The minimum atomic E-state index is 0.240. The highest BCUT2D eigenvalue weighted by Crippen LogP contribution is 2.22. The molecule has 0 spiro atoms. The first-order valence-corrected chi connectivity index (χ1v) is 6.83. The Bertz CT molecular complexity index is 519. The highest BCUT2D eigenvalue weighted by Gasteiger charge is 2.12. The van der Waals surface area contributed by atoms with E-state index in [1.54, 1.807) is 23.5 Å². The van der Waals surface area contributed by atoms with Crippen molar-refractivity contribution in [3.8, 4) is 5.75 Å². The molecule has 2 N–H and O–H groups in total. The average Bonchev–Trinajstić information content (AvgIpc) is 2.67. The van der Waals surface area contributed by atoms with Gasteiger partial charge >= 0.3 is 0 Å². The molecule has 0 amide bonds. The first-order valence-electron chi connectivity index (χ1n) is 6.01. The maximum Gasteiger partial charge on any atom is 0.115 e. The van der Waals surface area contributed by atoms with Crippen LogP contribution in [-0.2, 0) is 6.54 Å². The van der Waals surface area contributed by atoms with E-state index in [0.29, 0.717) is 5.75 Å². The molecule has 0 bridgehead atoms. The van der Waals surface area contributed by atoms with Gasteiger partial charge in [-0.3, -0.25) is 0 Å². The molecule has 1 atom stereocenters. The molecular formula is C14H18N2OS. The number of phenolic OH excluding ortho intramolecular Hbond substituents is 1. The molecule has 0 aliphatic heterocycles. The van der Waals surface area contributed by atoms with E-state index in [0.717, 1.165) is 22.8 Å². The maximum absolute atomic E-state index is 9.22. The summed E-state index contributed by atoms with van der Waals surface area (Å²) in [7, 11) is 0. The van der Waals surface area contributed by atoms with Gasteiger partial charge in [-0.15, -0.1) is 11.3 Å². The van der Waals surface area contributed by atoms with E-state index < -0.39 is 0 Å². The van der Waals surface area contributed by atoms with E-state index in [1.807, 2.05) is 19.1 Å². The molecule has 0 radical (unpaired) electrons. The molecule has 0 saturated heterocycles. The Kier molecular flexibility index (Phi) is 3.99. The van der Waals surface area contributed by atoms with Gasteiger partial charge in [-0.1, -0.05) is 12.1 Å². The molecular weight excluding hydrogens is 244 g/mol. The summed E-state index contributed by atoms with van der Waals surface area (Å²) in [5.41, 5.74) is 2.29. The lowest BCUT2D eigenvalue weighted by Gasteiger charge is -2.12. The van der Waals surface area contributed by atoms with Gasteiger partial charge in [-0.2, -0.15) is 0 Å². The van der Waals surface area contributed by atoms with Crippen LogP contribution in [0.5, 0.6) is 5.75 Å². The van der Waals surface area contributed by atoms with Gasteiger partial charge in [0.25, 0.3) is 0 Å². The lowest BCUT2D eigenvalue weighted by molar-refractivity contribution is 0.474. The van der Waals surface area contributed by atoms with Crippen molar-refractivity contribution in [1.82, 2.24) is 10.3 Å². The molecule has 0 fully saturated rings. The minimum Gasteiger partial charge on any atom is -0.508 e. The molecule has 1 heterocycles. The highest BCUT2D eigenvalue weighted by atomic mass is 32.1. The van der Waals surface area contributed by atoms with Crippen LogP contribution in [-0.4, -0.2) is 10.1 Å². The standard InChI is InChI=1S/C14H18N2OS/c1-9(14-10(2)18-11(3)16-14)15-8-12-4-6-13(17)7-5-12/h4-7,9,15,17H,8H2,1-3H3. The van der Waals surface area contributed by atoms with E-state index >= 15 is 0 Å². The van der Waals surface area contributed by atoms with Gasteiger partial charge < -0.3 is 10.4 Å². The Morgan fingerprint density at radius 3 is 2.50 bits per heavy atom. The molecule has 0 aliphatic rings. The van der Waals surface area contributed by atoms with Crippen molar-refractivity contribution in [3.05, 3.63) is 45.4 Å². The molecule has 96 valence electrons. The van der Waals surface area contributed by atoms with Crippen LogP contribution in [0.3, 0.4) is 0 Å². The van der Waals surface area contributed by atoms with Crippen LogP contribution in [0.2, 0.25) is 0 Å². The Labute approximate surface area is 112 Å². The van der Waals surface area contributed by atoms with E-state index in [1.165, 1.54) is 4.88 Å². The number of hydrogen-bond acceptors (Lipinski definition) is 4. The van der Waals surface area contributed by atoms with Gasteiger partial charge in [0, 0.05) is 17.5 Å². The fraction of sp³-hybridized carbons (Fsp3) is 0.357. The molecule has 1 unspecified atom stereocenters. The predicted molar refractivity (Wildman–Crippen MR) is 74.9 cm³/mol. The third-order valence-electron chi connectivity index (χ3n) is 2.90. The summed E-state index contributed by atoms with van der Waals surface area (Å²) in [4.78, 5) is 5.83. The van der Waals surface area contributed by atoms with Crippen molar-refractivity contribution in [2.45, 2.75) is 33.4 Å². The lowest BCUT2D eigenvalue weighted by atomic mass is 10.1. The molecule has 0 aliphatic carbocycles. The van der Waals surface area contributed by atoms with Gasteiger partial charge in [-0.05, 0) is 38.5 Å². The summed E-state index contributed by atoms with van der Waals surface area (Å²) in [5.74, 6) is 0.303. The molecule has 0 saturated carbocycles. The number of nitrogens with one attached hydrogen (secondary N) is 1. The zero-order valence-corrected chi connectivity index (χ0v) is 11.7. The number of benzene rings is 1. The van der Waals surface area contributed by atoms with Crippen molar-refractivity contribution in [1.29, 1.82) is 0 Å². The van der Waals surface area contributed by atoms with Crippen LogP contribution >= 0.6 is 11.3 Å². The van der Waals surface area contributed by atoms with Gasteiger partial charge in [0.2, 0.25) is 0 Å². The third kappa shape index (κ3) is 3.09. The first-order chi connectivity index (χ1) is 8.56. The highest BCUT2D eigenvalue weighted by molar-refractivity contribution is 7.11. The zero-order valence-electron chi connectivity index (χ0n) is 10.9. The smallest absolute Gasteiger partial charge is 0.115 e. The third-order valence-corrected chi connectivity index (χ3v) is 3.80. The van der Waals surface area contributed by atoms with Crippen LogP contribution in [0.1, 0.15) is 34.1 Å². The summed E-state index contributed by atoms with van der Waals surface area (Å²) in [6.45, 7) is 7.05. The lowest BCUT2D eigenvalue weighted by Crippen LogP contribution is -2.19. The van der Waals surface area contributed by atoms with Crippen LogP contribution in [0.25, 0.3) is 0 Å². The number of nitrogens with zero attached hydrogens (tertiary/aromatic N) is 1. The second-order valence-corrected chi connectivity index (χ2v) is 5.85. The Morgan fingerprint density at radius 1 is 1.28 bits per heavy atom. The second kappa shape index (κ2) is 5.50. The van der Waals surface area contributed by atoms with Crippen molar-refractivity contribution in [3.63, 3.8) is 0 Å². The van der Waals surface area contributed by atoms with Crippen LogP contribution in [0, 0.1) is 13.8 Å². The molecule has 1 aromatic carbocycles. The monoisotopic (exact) mass is 262 g/mol. The summed E-state index contributed by atoms with van der Waals surface area (Å²) in [6, 6.07) is 7.51. The molecule has 1 aromatic heterocycles. The van der Waals surface area contributed by atoms with Crippen LogP contribution in [0.4, 0.5) is 0 Å². The quantitative estimate of drug-likeness (QED) is 0.888. The average molecular weight is 262 g/mol. The van der Waals surface area contributed by atoms with Crippen LogP contribution < -0.4 is 5.32 Å². The Hall–Kier alpha value is -1.39. The summed E-state index contributed by atoms with van der Waals surface area (Å²) in [6.07, 6.45) is 0. The Morgan fingerprint density at radius 2 is 1.94 bits per heavy atom. The van der Waals surface area contributed by atoms with Crippen molar-refractivity contribution in [2.24, 2.45) is 0 Å². The van der Waals surface area contributed by atoms with E-state index in [4.69, 9.17) is 0 Å². The number of rotatable bonds is 4. The molecule has 2 rings (SSSR count). The number of aromatic hydroxyl groups is 1. The van der Waals surface area contributed by atoms with Crippen molar-refractivity contribution < 1.29 is 5.11 Å². The number of aromatic nitrogens is 1. The zero-order chi connectivity index (χ0) is 13.1. The summed E-state index contributed by atoms with van der Waals surface area (Å²) in [5, 5.41) is 13.8. The fourth-order valence-electron chi connectivity index (χ4n) is 1.93. The van der Waals surface area contributed by atoms with Gasteiger partial charge in [0.1, 0.15) is 5.75 Å². The van der Waals surface area contributed by atoms with Gasteiger partial charge in [0.15, 0.2) is 0 Å². The minimum absolute atomic E-state index is 0.240. The van der Waals surface area contributed by atoms with Crippen molar-refractivity contribution >= 4 is 11.3 Å². The Balaban J connectivity index is 1.98. The molecule has 4 heteroatoms. The van der Waals surface area contributed by atoms with Gasteiger partial charge in [-0.25, -0.2) is 4.98 Å². The van der Waals surface area contributed by atoms with Gasteiger partial charge in [0.05, 0.1) is 10.7 Å².